The average molecular weight is 234 g/mol. The summed E-state index contributed by atoms with van der Waals surface area (Å²) in [6.07, 6.45) is 2.54. The van der Waals surface area contributed by atoms with E-state index >= 15 is 0 Å². The summed E-state index contributed by atoms with van der Waals surface area (Å²) in [4.78, 5) is 11.8. The second-order valence-electron chi connectivity index (χ2n) is 4.45. The van der Waals surface area contributed by atoms with Crippen LogP contribution in [0.2, 0.25) is 0 Å². The summed E-state index contributed by atoms with van der Waals surface area (Å²) in [7, 11) is 0. The molecule has 1 atom stereocenters. The Morgan fingerprint density at radius 3 is 2.82 bits per heavy atom. The number of piperidine rings is 1. The van der Waals surface area contributed by atoms with E-state index in [0.717, 1.165) is 31.5 Å². The Morgan fingerprint density at radius 2 is 2.18 bits per heavy atom. The molecule has 0 aromatic heterocycles. The smallest absolute Gasteiger partial charge is 0.224 e. The summed E-state index contributed by atoms with van der Waals surface area (Å²) in [5, 5.41) is 15.4. The molecule has 0 bridgehead atoms. The van der Waals surface area contributed by atoms with Crippen molar-refractivity contribution >= 4 is 5.91 Å². The highest BCUT2D eigenvalue weighted by Crippen LogP contribution is 2.10. The molecule has 1 aliphatic heterocycles. The molecule has 0 aliphatic carbocycles. The highest BCUT2D eigenvalue weighted by atomic mass is 16.3. The number of phenols is 1. The lowest BCUT2D eigenvalue weighted by Crippen LogP contribution is -2.46. The summed E-state index contributed by atoms with van der Waals surface area (Å²) in [5.41, 5.74) is 0.920. The fourth-order valence-electron chi connectivity index (χ4n) is 2.05. The van der Waals surface area contributed by atoms with E-state index in [4.69, 9.17) is 5.11 Å². The summed E-state index contributed by atoms with van der Waals surface area (Å²) in [5.74, 6) is 0.273. The third kappa shape index (κ3) is 3.75. The van der Waals surface area contributed by atoms with Gasteiger partial charge in [-0.15, -0.1) is 0 Å². The number of aromatic hydroxyl groups is 1. The minimum Gasteiger partial charge on any atom is -0.508 e. The van der Waals surface area contributed by atoms with Crippen LogP contribution in [0.1, 0.15) is 18.4 Å². The molecule has 1 amide bonds. The number of carbonyl (C=O) groups is 1. The minimum absolute atomic E-state index is 0.0457. The Labute approximate surface area is 101 Å². The third-order valence-electron chi connectivity index (χ3n) is 2.96. The molecule has 3 N–H and O–H groups in total. The lowest BCUT2D eigenvalue weighted by molar-refractivity contribution is -0.121. The van der Waals surface area contributed by atoms with E-state index in [1.54, 1.807) is 24.3 Å². The number of benzene rings is 1. The van der Waals surface area contributed by atoms with Gasteiger partial charge in [0.05, 0.1) is 6.42 Å². The normalized spacial score (nSPS) is 19.9. The monoisotopic (exact) mass is 234 g/mol. The second-order valence-corrected chi connectivity index (χ2v) is 4.45. The van der Waals surface area contributed by atoms with E-state index in [1.807, 2.05) is 0 Å². The first kappa shape index (κ1) is 11.9. The van der Waals surface area contributed by atoms with Gasteiger partial charge in [-0.3, -0.25) is 4.79 Å². The van der Waals surface area contributed by atoms with E-state index in [-0.39, 0.29) is 17.7 Å². The Kier molecular flexibility index (Phi) is 3.98. The number of carbonyl (C=O) groups excluding carboxylic acids is 1. The predicted molar refractivity (Wildman–Crippen MR) is 65.8 cm³/mol. The molecule has 1 aromatic rings. The molecule has 1 aromatic carbocycles. The number of nitrogens with one attached hydrogen (secondary N) is 2. The molecule has 0 radical (unpaired) electrons. The standard InChI is InChI=1S/C13H18N2O2/c16-12-5-3-10(4-6-12)8-13(17)15-11-2-1-7-14-9-11/h3-6,11,14,16H,1-2,7-9H2,(H,15,17)/t11-/m1/s1. The molecule has 1 saturated heterocycles. The van der Waals surface area contributed by atoms with Crippen molar-refractivity contribution in [3.63, 3.8) is 0 Å². The van der Waals surface area contributed by atoms with E-state index in [1.165, 1.54) is 0 Å². The van der Waals surface area contributed by atoms with Gasteiger partial charge in [0.2, 0.25) is 5.91 Å². The van der Waals surface area contributed by atoms with Crippen LogP contribution >= 0.6 is 0 Å². The van der Waals surface area contributed by atoms with Gasteiger partial charge in [0.15, 0.2) is 0 Å². The van der Waals surface area contributed by atoms with Gasteiger partial charge in [0, 0.05) is 12.6 Å². The highest BCUT2D eigenvalue weighted by molar-refractivity contribution is 5.78. The molecule has 1 heterocycles. The van der Waals surface area contributed by atoms with Gasteiger partial charge in [-0.05, 0) is 37.1 Å². The maximum Gasteiger partial charge on any atom is 0.224 e. The molecular weight excluding hydrogens is 216 g/mol. The Balaban J connectivity index is 1.82. The van der Waals surface area contributed by atoms with Crippen molar-refractivity contribution in [2.45, 2.75) is 25.3 Å². The van der Waals surface area contributed by atoms with Gasteiger partial charge in [0.25, 0.3) is 0 Å². The Bertz CT molecular complexity index is 370. The third-order valence-corrected chi connectivity index (χ3v) is 2.96. The second kappa shape index (κ2) is 5.68. The van der Waals surface area contributed by atoms with Crippen molar-refractivity contribution in [3.05, 3.63) is 29.8 Å². The Morgan fingerprint density at radius 1 is 1.41 bits per heavy atom. The summed E-state index contributed by atoms with van der Waals surface area (Å²) >= 11 is 0. The largest absolute Gasteiger partial charge is 0.508 e. The maximum atomic E-state index is 11.8. The van der Waals surface area contributed by atoms with E-state index in [2.05, 4.69) is 10.6 Å². The summed E-state index contributed by atoms with van der Waals surface area (Å²) in [6, 6.07) is 7.01. The molecule has 0 saturated carbocycles. The van der Waals surface area contributed by atoms with E-state index in [0.29, 0.717) is 6.42 Å². The van der Waals surface area contributed by atoms with Crippen LogP contribution in [0, 0.1) is 0 Å². The number of amides is 1. The van der Waals surface area contributed by atoms with Crippen LogP contribution in [-0.2, 0) is 11.2 Å². The van der Waals surface area contributed by atoms with E-state index < -0.39 is 0 Å². The molecule has 4 nitrogen and oxygen atoms in total. The molecule has 0 unspecified atom stereocenters. The van der Waals surface area contributed by atoms with Gasteiger partial charge in [-0.25, -0.2) is 0 Å². The fraction of sp³-hybridized carbons (Fsp3) is 0.462. The first-order valence-corrected chi connectivity index (χ1v) is 6.02. The van der Waals surface area contributed by atoms with Crippen LogP contribution in [0.25, 0.3) is 0 Å². The fourth-order valence-corrected chi connectivity index (χ4v) is 2.05. The number of rotatable bonds is 3. The SMILES string of the molecule is O=C(Cc1ccc(O)cc1)N[C@@H]1CCCNC1. The van der Waals surface area contributed by atoms with Crippen molar-refractivity contribution in [1.82, 2.24) is 10.6 Å². The molecule has 2 rings (SSSR count). The minimum atomic E-state index is 0.0457. The molecule has 92 valence electrons. The quantitative estimate of drug-likeness (QED) is 0.725. The summed E-state index contributed by atoms with van der Waals surface area (Å²) < 4.78 is 0. The zero-order chi connectivity index (χ0) is 12.1. The predicted octanol–water partition coefficient (Wildman–Crippen LogP) is 0.803. The van der Waals surface area contributed by atoms with E-state index in [9.17, 15) is 4.79 Å². The number of phenolic OH excluding ortho intramolecular Hbond substituents is 1. The lowest BCUT2D eigenvalue weighted by Gasteiger charge is -2.23. The maximum absolute atomic E-state index is 11.8. The lowest BCUT2D eigenvalue weighted by atomic mass is 10.1. The average Bonchev–Trinajstić information content (AvgIpc) is 2.33. The molecular formula is C13H18N2O2. The number of hydrogen-bond acceptors (Lipinski definition) is 3. The van der Waals surface area contributed by atoms with Gasteiger partial charge in [-0.2, -0.15) is 0 Å². The van der Waals surface area contributed by atoms with Crippen LogP contribution < -0.4 is 10.6 Å². The van der Waals surface area contributed by atoms with Crippen LogP contribution in [0.5, 0.6) is 5.75 Å². The van der Waals surface area contributed by atoms with Gasteiger partial charge < -0.3 is 15.7 Å². The topological polar surface area (TPSA) is 61.4 Å². The van der Waals surface area contributed by atoms with Crippen LogP contribution in [0.4, 0.5) is 0 Å². The van der Waals surface area contributed by atoms with Crippen molar-refractivity contribution < 1.29 is 9.90 Å². The van der Waals surface area contributed by atoms with Crippen molar-refractivity contribution in [3.8, 4) is 5.75 Å². The van der Waals surface area contributed by atoms with Crippen LogP contribution in [0.15, 0.2) is 24.3 Å². The first-order chi connectivity index (χ1) is 8.24. The van der Waals surface area contributed by atoms with Crippen LogP contribution in [0.3, 0.4) is 0 Å². The molecule has 17 heavy (non-hydrogen) atoms. The van der Waals surface area contributed by atoms with Crippen molar-refractivity contribution in [2.75, 3.05) is 13.1 Å². The molecule has 1 fully saturated rings. The molecule has 0 spiro atoms. The zero-order valence-electron chi connectivity index (χ0n) is 9.78. The molecule has 1 aliphatic rings. The van der Waals surface area contributed by atoms with Gasteiger partial charge in [0.1, 0.15) is 5.75 Å². The molecule has 4 heteroatoms. The van der Waals surface area contributed by atoms with Gasteiger partial charge >= 0.3 is 0 Å². The summed E-state index contributed by atoms with van der Waals surface area (Å²) in [6.45, 7) is 1.91. The van der Waals surface area contributed by atoms with Crippen LogP contribution in [-0.4, -0.2) is 30.1 Å². The Hall–Kier alpha value is -1.55. The zero-order valence-corrected chi connectivity index (χ0v) is 9.78. The number of hydrogen-bond donors (Lipinski definition) is 3. The highest BCUT2D eigenvalue weighted by Gasteiger charge is 2.15. The van der Waals surface area contributed by atoms with Crippen molar-refractivity contribution in [1.29, 1.82) is 0 Å². The first-order valence-electron chi connectivity index (χ1n) is 6.02. The van der Waals surface area contributed by atoms with Gasteiger partial charge in [-0.1, -0.05) is 12.1 Å². The van der Waals surface area contributed by atoms with Crippen molar-refractivity contribution in [2.24, 2.45) is 0 Å².